The van der Waals surface area contributed by atoms with E-state index < -0.39 is 33.1 Å². The predicted molar refractivity (Wildman–Crippen MR) is 84.8 cm³/mol. The van der Waals surface area contributed by atoms with Gasteiger partial charge in [0.25, 0.3) is 10.0 Å². The van der Waals surface area contributed by atoms with Crippen molar-refractivity contribution in [3.05, 3.63) is 24.0 Å². The zero-order valence-corrected chi connectivity index (χ0v) is 14.9. The van der Waals surface area contributed by atoms with Gasteiger partial charge in [-0.2, -0.15) is 13.2 Å². The highest BCUT2D eigenvalue weighted by Crippen LogP contribution is 2.33. The van der Waals surface area contributed by atoms with E-state index in [0.717, 1.165) is 12.5 Å². The van der Waals surface area contributed by atoms with E-state index in [9.17, 15) is 26.4 Å². The van der Waals surface area contributed by atoms with Crippen molar-refractivity contribution < 1.29 is 35.3 Å². The summed E-state index contributed by atoms with van der Waals surface area (Å²) in [6, 6.07) is 2.28. The quantitative estimate of drug-likeness (QED) is 0.787. The molecule has 0 bridgehead atoms. The smallest absolute Gasteiger partial charge is 0.441 e. The van der Waals surface area contributed by atoms with Gasteiger partial charge in [-0.3, -0.25) is 4.79 Å². The summed E-state index contributed by atoms with van der Waals surface area (Å²) in [6.07, 6.45) is -3.93. The first-order valence-corrected chi connectivity index (χ1v) is 9.52. The molecular formula is C15H16F3N3O5S. The van der Waals surface area contributed by atoms with Gasteiger partial charge < -0.3 is 13.8 Å². The summed E-state index contributed by atoms with van der Waals surface area (Å²) in [4.78, 5) is 13.4. The van der Waals surface area contributed by atoms with E-state index >= 15 is 0 Å². The number of nitrogens with one attached hydrogen (secondary N) is 1. The summed E-state index contributed by atoms with van der Waals surface area (Å²) < 4.78 is 74.2. The fraction of sp³-hybridized carbons (Fsp3) is 0.467. The van der Waals surface area contributed by atoms with Gasteiger partial charge in [0.1, 0.15) is 5.69 Å². The lowest BCUT2D eigenvalue weighted by molar-refractivity contribution is -0.155. The van der Waals surface area contributed by atoms with Crippen LogP contribution in [-0.2, 0) is 21.0 Å². The van der Waals surface area contributed by atoms with E-state index in [0.29, 0.717) is 12.6 Å². The van der Waals surface area contributed by atoms with Gasteiger partial charge in [-0.15, -0.1) is 0 Å². The second-order valence-corrected chi connectivity index (χ2v) is 7.70. The summed E-state index contributed by atoms with van der Waals surface area (Å²) >= 11 is 0. The van der Waals surface area contributed by atoms with Crippen LogP contribution < -0.4 is 4.72 Å². The number of hydrogen-bond donors (Lipinski definition) is 1. The molecule has 2 aromatic rings. The Labute approximate surface area is 152 Å². The molecule has 8 nitrogen and oxygen atoms in total. The summed E-state index contributed by atoms with van der Waals surface area (Å²) in [6.45, 7) is 2.69. The summed E-state index contributed by atoms with van der Waals surface area (Å²) in [5.41, 5.74) is -0.283. The third-order valence-corrected chi connectivity index (χ3v) is 5.31. The van der Waals surface area contributed by atoms with Gasteiger partial charge in [0, 0.05) is 31.6 Å². The fourth-order valence-electron chi connectivity index (χ4n) is 2.74. The van der Waals surface area contributed by atoms with E-state index in [4.69, 9.17) is 4.42 Å². The first-order valence-electron chi connectivity index (χ1n) is 8.04. The van der Waals surface area contributed by atoms with Gasteiger partial charge in [0.2, 0.25) is 16.8 Å². The lowest BCUT2D eigenvalue weighted by atomic mass is 10.3. The molecule has 1 saturated heterocycles. The van der Waals surface area contributed by atoms with Crippen LogP contribution in [0.25, 0.3) is 11.5 Å². The molecule has 12 heteroatoms. The molecule has 1 aliphatic heterocycles. The monoisotopic (exact) mass is 407 g/mol. The minimum Gasteiger partial charge on any atom is -0.441 e. The van der Waals surface area contributed by atoms with Crippen molar-refractivity contribution >= 4 is 15.9 Å². The van der Waals surface area contributed by atoms with Crippen LogP contribution in [0.15, 0.2) is 32.2 Å². The molecule has 0 aliphatic carbocycles. The second-order valence-electron chi connectivity index (χ2n) is 6.05. The Hall–Kier alpha value is -2.34. The summed E-state index contributed by atoms with van der Waals surface area (Å²) in [5, 5.41) is 2.75. The van der Waals surface area contributed by atoms with Crippen molar-refractivity contribution in [2.75, 3.05) is 13.1 Å². The maximum Gasteiger partial charge on any atom is 0.452 e. The molecule has 3 heterocycles. The molecule has 0 radical (unpaired) electrons. The number of alkyl halides is 3. The molecule has 2 aromatic heterocycles. The summed E-state index contributed by atoms with van der Waals surface area (Å²) in [7, 11) is -4.09. The molecule has 27 heavy (non-hydrogen) atoms. The van der Waals surface area contributed by atoms with Crippen LogP contribution >= 0.6 is 0 Å². The Morgan fingerprint density at radius 2 is 2.11 bits per heavy atom. The zero-order valence-electron chi connectivity index (χ0n) is 14.1. The topological polar surface area (TPSA) is 106 Å². The molecule has 148 valence electrons. The van der Waals surface area contributed by atoms with Crippen LogP contribution in [-0.4, -0.2) is 43.5 Å². The first kappa shape index (κ1) is 19.4. The molecule has 0 aromatic carbocycles. The van der Waals surface area contributed by atoms with Gasteiger partial charge in [0.15, 0.2) is 5.76 Å². The Kier molecular flexibility index (Phi) is 5.04. The minimum absolute atomic E-state index is 0.0328. The number of aromatic nitrogens is 1. The predicted octanol–water partition coefficient (Wildman–Crippen LogP) is 2.24. The van der Waals surface area contributed by atoms with E-state index in [1.54, 1.807) is 4.90 Å². The van der Waals surface area contributed by atoms with Crippen LogP contribution in [0.1, 0.15) is 25.5 Å². The highest BCUT2D eigenvalue weighted by atomic mass is 32.2. The number of nitrogens with zero attached hydrogens (tertiary/aromatic N) is 2. The van der Waals surface area contributed by atoms with Crippen LogP contribution in [0.5, 0.6) is 0 Å². The SMILES string of the molecule is CCCN1C[C@H](NS(=O)(=O)c2ccc(-c3cc(C(F)(F)F)on3)o2)CC1=O. The number of likely N-dealkylation sites (tertiary alicyclic amines) is 1. The van der Waals surface area contributed by atoms with E-state index in [-0.39, 0.29) is 30.3 Å². The maximum atomic E-state index is 12.6. The highest BCUT2D eigenvalue weighted by molar-refractivity contribution is 7.89. The van der Waals surface area contributed by atoms with Gasteiger partial charge in [-0.05, 0) is 18.6 Å². The number of carbonyl (C=O) groups is 1. The molecule has 3 rings (SSSR count). The number of carbonyl (C=O) groups excluding carboxylic acids is 1. The third kappa shape index (κ3) is 4.16. The van der Waals surface area contributed by atoms with Crippen LogP contribution in [0.2, 0.25) is 0 Å². The molecule has 0 saturated carbocycles. The third-order valence-electron chi connectivity index (χ3n) is 3.92. The first-order chi connectivity index (χ1) is 12.6. The highest BCUT2D eigenvalue weighted by Gasteiger charge is 2.37. The molecule has 1 atom stereocenters. The van der Waals surface area contributed by atoms with E-state index in [2.05, 4.69) is 14.4 Å². The molecule has 1 fully saturated rings. The maximum absolute atomic E-state index is 12.6. The zero-order chi connectivity index (χ0) is 19.8. The second kappa shape index (κ2) is 7.00. The number of hydrogen-bond acceptors (Lipinski definition) is 6. The number of halogens is 3. The van der Waals surface area contributed by atoms with Crippen molar-refractivity contribution in [3.63, 3.8) is 0 Å². The minimum atomic E-state index is -4.71. The van der Waals surface area contributed by atoms with Crippen molar-refractivity contribution in [3.8, 4) is 11.5 Å². The Morgan fingerprint density at radius 1 is 1.37 bits per heavy atom. The number of rotatable bonds is 6. The molecule has 0 spiro atoms. The van der Waals surface area contributed by atoms with Crippen molar-refractivity contribution in [2.24, 2.45) is 0 Å². The van der Waals surface area contributed by atoms with Gasteiger partial charge in [0.05, 0.1) is 0 Å². The van der Waals surface area contributed by atoms with Crippen LogP contribution in [0, 0.1) is 0 Å². The average Bonchev–Trinajstić information content (AvgIpc) is 3.26. The van der Waals surface area contributed by atoms with Crippen LogP contribution in [0.4, 0.5) is 13.2 Å². The molecule has 1 amide bonds. The van der Waals surface area contributed by atoms with E-state index in [1.807, 2.05) is 6.92 Å². The number of sulfonamides is 1. The van der Waals surface area contributed by atoms with E-state index in [1.165, 1.54) is 6.07 Å². The van der Waals surface area contributed by atoms with Gasteiger partial charge >= 0.3 is 6.18 Å². The van der Waals surface area contributed by atoms with Gasteiger partial charge in [-0.1, -0.05) is 12.1 Å². The molecule has 1 N–H and O–H groups in total. The molecular weight excluding hydrogens is 391 g/mol. The Bertz CT molecular complexity index is 935. The largest absolute Gasteiger partial charge is 0.452 e. The van der Waals surface area contributed by atoms with Crippen molar-refractivity contribution in [1.82, 2.24) is 14.8 Å². The van der Waals surface area contributed by atoms with Crippen molar-refractivity contribution in [1.29, 1.82) is 0 Å². The lowest BCUT2D eigenvalue weighted by Gasteiger charge is -2.15. The molecule has 1 aliphatic rings. The lowest BCUT2D eigenvalue weighted by Crippen LogP contribution is -2.37. The van der Waals surface area contributed by atoms with Gasteiger partial charge in [-0.25, -0.2) is 13.1 Å². The van der Waals surface area contributed by atoms with Crippen LogP contribution in [0.3, 0.4) is 0 Å². The Morgan fingerprint density at radius 3 is 2.74 bits per heavy atom. The number of furan rings is 1. The van der Waals surface area contributed by atoms with Crippen molar-refractivity contribution in [2.45, 2.75) is 37.1 Å². The standard InChI is InChI=1S/C15H16F3N3O5S/c1-2-5-21-8-9(6-13(21)22)20-27(23,24)14-4-3-11(25-14)10-7-12(26-19-10)15(16,17)18/h3-4,7,9,20H,2,5-6,8H2,1H3/t9-/m1/s1. The fourth-order valence-corrected chi connectivity index (χ4v) is 3.90. The summed E-state index contributed by atoms with van der Waals surface area (Å²) in [5.74, 6) is -1.66. The molecule has 0 unspecified atom stereocenters. The Balaban J connectivity index is 1.73. The normalized spacial score (nSPS) is 18.4. The average molecular weight is 407 g/mol. The number of amides is 1.